The number of nitrogens with one attached hydrogen (secondary N) is 1. The number of rotatable bonds is 6. The molecule has 0 aromatic carbocycles. The number of halogens is 1. The molecule has 0 aliphatic heterocycles. The van der Waals surface area contributed by atoms with E-state index in [1.165, 1.54) is 0 Å². The van der Waals surface area contributed by atoms with E-state index in [4.69, 9.17) is 16.0 Å². The third kappa shape index (κ3) is 4.33. The van der Waals surface area contributed by atoms with Crippen LogP contribution < -0.4 is 5.32 Å². The second-order valence-corrected chi connectivity index (χ2v) is 3.35. The summed E-state index contributed by atoms with van der Waals surface area (Å²) in [4.78, 5) is 11.1. The maximum atomic E-state index is 11.1. The van der Waals surface area contributed by atoms with Gasteiger partial charge in [-0.15, -0.1) is 11.6 Å². The molecule has 1 aromatic heterocycles. The van der Waals surface area contributed by atoms with E-state index in [0.717, 1.165) is 18.6 Å². The molecule has 1 rings (SSSR count). The van der Waals surface area contributed by atoms with Gasteiger partial charge in [-0.3, -0.25) is 4.79 Å². The van der Waals surface area contributed by atoms with Gasteiger partial charge in [0, 0.05) is 25.3 Å². The highest BCUT2D eigenvalue weighted by Crippen LogP contribution is 1.99. The molecule has 0 saturated heterocycles. The predicted octanol–water partition coefficient (Wildman–Crippen LogP) is 1.96. The van der Waals surface area contributed by atoms with E-state index in [9.17, 15) is 4.79 Å². The first kappa shape index (κ1) is 11.1. The average Bonchev–Trinajstić information content (AvgIpc) is 2.67. The van der Waals surface area contributed by atoms with Crippen molar-refractivity contribution in [2.45, 2.75) is 19.3 Å². The third-order valence-electron chi connectivity index (χ3n) is 1.81. The molecule has 78 valence electrons. The lowest BCUT2D eigenvalue weighted by Crippen LogP contribution is -2.25. The minimum atomic E-state index is 0.0530. The Morgan fingerprint density at radius 1 is 1.57 bits per heavy atom. The molecule has 0 radical (unpaired) electrons. The van der Waals surface area contributed by atoms with Gasteiger partial charge < -0.3 is 9.73 Å². The number of alkyl halides is 1. The van der Waals surface area contributed by atoms with E-state index in [0.29, 0.717) is 18.8 Å². The van der Waals surface area contributed by atoms with Gasteiger partial charge in [0.2, 0.25) is 5.91 Å². The fourth-order valence-corrected chi connectivity index (χ4v) is 1.23. The van der Waals surface area contributed by atoms with Crippen LogP contribution >= 0.6 is 11.6 Å². The molecule has 0 unspecified atom stereocenters. The number of hydrogen-bond acceptors (Lipinski definition) is 2. The average molecular weight is 216 g/mol. The molecule has 4 heteroatoms. The van der Waals surface area contributed by atoms with Crippen molar-refractivity contribution in [3.63, 3.8) is 0 Å². The third-order valence-corrected chi connectivity index (χ3v) is 2.08. The predicted molar refractivity (Wildman–Crippen MR) is 55.4 cm³/mol. The zero-order valence-corrected chi connectivity index (χ0v) is 8.72. The first-order valence-electron chi connectivity index (χ1n) is 4.68. The molecular weight excluding hydrogens is 202 g/mol. The summed E-state index contributed by atoms with van der Waals surface area (Å²) in [6.07, 6.45) is 3.60. The number of hydrogen-bond donors (Lipinski definition) is 1. The molecule has 1 N–H and O–H groups in total. The van der Waals surface area contributed by atoms with E-state index < -0.39 is 0 Å². The Balaban J connectivity index is 2.06. The molecule has 1 aromatic rings. The Hall–Kier alpha value is -0.960. The summed E-state index contributed by atoms with van der Waals surface area (Å²) in [7, 11) is 0. The van der Waals surface area contributed by atoms with Crippen LogP contribution in [0.15, 0.2) is 22.8 Å². The van der Waals surface area contributed by atoms with Crippen molar-refractivity contribution in [1.29, 1.82) is 0 Å². The number of furan rings is 1. The number of carbonyl (C=O) groups excluding carboxylic acids is 1. The van der Waals surface area contributed by atoms with Crippen molar-refractivity contribution in [2.75, 3.05) is 12.4 Å². The SMILES string of the molecule is O=C(CCCCl)NCCc1ccco1. The molecule has 1 amide bonds. The van der Waals surface area contributed by atoms with Crippen molar-refractivity contribution in [3.05, 3.63) is 24.2 Å². The monoisotopic (exact) mass is 215 g/mol. The Kier molecular flexibility index (Phi) is 5.15. The molecule has 3 nitrogen and oxygen atoms in total. The first-order valence-corrected chi connectivity index (χ1v) is 5.21. The molecule has 0 saturated carbocycles. The van der Waals surface area contributed by atoms with E-state index in [1.54, 1.807) is 6.26 Å². The minimum Gasteiger partial charge on any atom is -0.469 e. The molecule has 0 atom stereocenters. The molecule has 0 aliphatic carbocycles. The summed E-state index contributed by atoms with van der Waals surface area (Å²) >= 11 is 5.47. The zero-order chi connectivity index (χ0) is 10.2. The van der Waals surface area contributed by atoms with Crippen LogP contribution in [0.25, 0.3) is 0 Å². The molecule has 0 bridgehead atoms. The van der Waals surface area contributed by atoms with Gasteiger partial charge in [0.15, 0.2) is 0 Å². The maximum absolute atomic E-state index is 11.1. The van der Waals surface area contributed by atoms with Crippen LogP contribution in [-0.2, 0) is 11.2 Å². The van der Waals surface area contributed by atoms with Crippen LogP contribution in [0.3, 0.4) is 0 Å². The van der Waals surface area contributed by atoms with Crippen molar-refractivity contribution in [1.82, 2.24) is 5.32 Å². The lowest BCUT2D eigenvalue weighted by Gasteiger charge is -2.02. The largest absolute Gasteiger partial charge is 0.469 e. The fraction of sp³-hybridized carbons (Fsp3) is 0.500. The Morgan fingerprint density at radius 3 is 3.07 bits per heavy atom. The summed E-state index contributed by atoms with van der Waals surface area (Å²) in [6.45, 7) is 0.620. The van der Waals surface area contributed by atoms with E-state index >= 15 is 0 Å². The Morgan fingerprint density at radius 2 is 2.43 bits per heavy atom. The smallest absolute Gasteiger partial charge is 0.220 e. The van der Waals surface area contributed by atoms with E-state index in [-0.39, 0.29) is 5.91 Å². The summed E-state index contributed by atoms with van der Waals surface area (Å²) < 4.78 is 5.12. The van der Waals surface area contributed by atoms with Crippen LogP contribution in [-0.4, -0.2) is 18.3 Å². The van der Waals surface area contributed by atoms with Crippen molar-refractivity contribution in [2.24, 2.45) is 0 Å². The second-order valence-electron chi connectivity index (χ2n) is 2.97. The topological polar surface area (TPSA) is 42.2 Å². The summed E-state index contributed by atoms with van der Waals surface area (Å²) in [5.74, 6) is 1.48. The lowest BCUT2D eigenvalue weighted by molar-refractivity contribution is -0.121. The molecule has 0 fully saturated rings. The highest BCUT2D eigenvalue weighted by atomic mass is 35.5. The van der Waals surface area contributed by atoms with Gasteiger partial charge in [0.1, 0.15) is 5.76 Å². The zero-order valence-electron chi connectivity index (χ0n) is 7.96. The van der Waals surface area contributed by atoms with E-state index in [1.807, 2.05) is 12.1 Å². The summed E-state index contributed by atoms with van der Waals surface area (Å²) in [5.41, 5.74) is 0. The fourth-order valence-electron chi connectivity index (χ4n) is 1.10. The minimum absolute atomic E-state index is 0.0530. The van der Waals surface area contributed by atoms with Gasteiger partial charge in [-0.05, 0) is 18.6 Å². The molecule has 14 heavy (non-hydrogen) atoms. The van der Waals surface area contributed by atoms with Crippen LogP contribution in [0.4, 0.5) is 0 Å². The Bertz CT molecular complexity index is 259. The molecular formula is C10H14ClNO2. The van der Waals surface area contributed by atoms with Crippen molar-refractivity contribution >= 4 is 17.5 Å². The van der Waals surface area contributed by atoms with Crippen LogP contribution in [0, 0.1) is 0 Å². The van der Waals surface area contributed by atoms with E-state index in [2.05, 4.69) is 5.32 Å². The van der Waals surface area contributed by atoms with Gasteiger partial charge in [0.25, 0.3) is 0 Å². The molecule has 1 heterocycles. The highest BCUT2D eigenvalue weighted by Gasteiger charge is 2.00. The standard InChI is InChI=1S/C10H14ClNO2/c11-6-1-4-10(13)12-7-5-9-3-2-8-14-9/h2-3,8H,1,4-7H2,(H,12,13). The van der Waals surface area contributed by atoms with Crippen LogP contribution in [0.1, 0.15) is 18.6 Å². The van der Waals surface area contributed by atoms with Gasteiger partial charge >= 0.3 is 0 Å². The number of amides is 1. The quantitative estimate of drug-likeness (QED) is 0.738. The molecule has 0 aliphatic rings. The summed E-state index contributed by atoms with van der Waals surface area (Å²) in [5, 5.41) is 2.80. The van der Waals surface area contributed by atoms with Gasteiger partial charge in [-0.2, -0.15) is 0 Å². The van der Waals surface area contributed by atoms with Crippen LogP contribution in [0.5, 0.6) is 0 Å². The van der Waals surface area contributed by atoms with Crippen molar-refractivity contribution < 1.29 is 9.21 Å². The van der Waals surface area contributed by atoms with Gasteiger partial charge in [0.05, 0.1) is 6.26 Å². The first-order chi connectivity index (χ1) is 6.83. The molecule has 0 spiro atoms. The normalized spacial score (nSPS) is 10.1. The highest BCUT2D eigenvalue weighted by molar-refractivity contribution is 6.17. The van der Waals surface area contributed by atoms with Crippen LogP contribution in [0.2, 0.25) is 0 Å². The van der Waals surface area contributed by atoms with Gasteiger partial charge in [-0.1, -0.05) is 0 Å². The van der Waals surface area contributed by atoms with Gasteiger partial charge in [-0.25, -0.2) is 0 Å². The lowest BCUT2D eigenvalue weighted by atomic mass is 10.3. The maximum Gasteiger partial charge on any atom is 0.220 e. The number of carbonyl (C=O) groups is 1. The van der Waals surface area contributed by atoms with Crippen molar-refractivity contribution in [3.8, 4) is 0 Å². The summed E-state index contributed by atoms with van der Waals surface area (Å²) in [6, 6.07) is 3.73. The second kappa shape index (κ2) is 6.49. The Labute approximate surface area is 88.4 Å².